The lowest BCUT2D eigenvalue weighted by atomic mass is 9.93. The summed E-state index contributed by atoms with van der Waals surface area (Å²) in [6.07, 6.45) is 0. The highest BCUT2D eigenvalue weighted by Gasteiger charge is 2.19. The molecule has 0 amide bonds. The molecular formula is C15H26N2. The van der Waals surface area contributed by atoms with Gasteiger partial charge in [-0.2, -0.15) is 0 Å². The zero-order valence-electron chi connectivity index (χ0n) is 11.7. The topological polar surface area (TPSA) is 29.3 Å². The Morgan fingerprint density at radius 2 is 1.76 bits per heavy atom. The lowest BCUT2D eigenvalue weighted by molar-refractivity contribution is 0.183. The number of nitrogens with zero attached hydrogens (tertiary/aromatic N) is 1. The molecule has 0 fully saturated rings. The van der Waals surface area contributed by atoms with E-state index in [9.17, 15) is 0 Å². The van der Waals surface area contributed by atoms with Crippen molar-refractivity contribution in [2.45, 2.75) is 34.2 Å². The van der Waals surface area contributed by atoms with Crippen LogP contribution in [0.4, 0.5) is 0 Å². The van der Waals surface area contributed by atoms with Crippen molar-refractivity contribution in [3.05, 3.63) is 35.4 Å². The van der Waals surface area contributed by atoms with Gasteiger partial charge in [-0.1, -0.05) is 50.6 Å². The van der Waals surface area contributed by atoms with Gasteiger partial charge in [0.05, 0.1) is 0 Å². The highest BCUT2D eigenvalue weighted by molar-refractivity contribution is 5.21. The van der Waals surface area contributed by atoms with Crippen molar-refractivity contribution in [3.8, 4) is 0 Å². The Hall–Kier alpha value is -0.860. The SMILES string of the molecule is CCN(Cc1ccc(C)cc1)CC(C)(C)CN. The Morgan fingerprint density at radius 3 is 2.24 bits per heavy atom. The number of nitrogens with two attached hydrogens (primary N) is 1. The normalized spacial score (nSPS) is 12.1. The van der Waals surface area contributed by atoms with Gasteiger partial charge in [-0.05, 0) is 31.0 Å². The van der Waals surface area contributed by atoms with Crippen molar-refractivity contribution < 1.29 is 0 Å². The predicted octanol–water partition coefficient (Wildman–Crippen LogP) is 2.80. The second-order valence-corrected chi connectivity index (χ2v) is 5.66. The van der Waals surface area contributed by atoms with E-state index in [-0.39, 0.29) is 5.41 Å². The van der Waals surface area contributed by atoms with E-state index in [0.29, 0.717) is 0 Å². The molecule has 96 valence electrons. The van der Waals surface area contributed by atoms with Gasteiger partial charge in [-0.3, -0.25) is 4.90 Å². The van der Waals surface area contributed by atoms with Gasteiger partial charge in [0.1, 0.15) is 0 Å². The van der Waals surface area contributed by atoms with Crippen LogP contribution in [0, 0.1) is 12.3 Å². The van der Waals surface area contributed by atoms with Crippen LogP contribution < -0.4 is 5.73 Å². The molecule has 0 radical (unpaired) electrons. The van der Waals surface area contributed by atoms with E-state index in [1.165, 1.54) is 11.1 Å². The van der Waals surface area contributed by atoms with Crippen LogP contribution in [-0.4, -0.2) is 24.5 Å². The fraction of sp³-hybridized carbons (Fsp3) is 0.600. The molecule has 2 heteroatoms. The summed E-state index contributed by atoms with van der Waals surface area (Å²) < 4.78 is 0. The summed E-state index contributed by atoms with van der Waals surface area (Å²) in [4.78, 5) is 2.46. The number of hydrogen-bond acceptors (Lipinski definition) is 2. The first-order valence-electron chi connectivity index (χ1n) is 6.45. The van der Waals surface area contributed by atoms with Gasteiger partial charge in [0.15, 0.2) is 0 Å². The Labute approximate surface area is 106 Å². The summed E-state index contributed by atoms with van der Waals surface area (Å²) in [7, 11) is 0. The van der Waals surface area contributed by atoms with Crippen LogP contribution in [0.2, 0.25) is 0 Å². The van der Waals surface area contributed by atoms with Gasteiger partial charge in [-0.15, -0.1) is 0 Å². The Balaban J connectivity index is 2.61. The minimum atomic E-state index is 0.195. The Morgan fingerprint density at radius 1 is 1.18 bits per heavy atom. The second kappa shape index (κ2) is 6.18. The molecule has 0 aliphatic rings. The zero-order valence-corrected chi connectivity index (χ0v) is 11.7. The summed E-state index contributed by atoms with van der Waals surface area (Å²) in [5.41, 5.74) is 8.69. The average molecular weight is 234 g/mol. The van der Waals surface area contributed by atoms with Crippen LogP contribution in [-0.2, 0) is 6.54 Å². The van der Waals surface area contributed by atoms with E-state index in [4.69, 9.17) is 5.73 Å². The van der Waals surface area contributed by atoms with E-state index in [0.717, 1.165) is 26.2 Å². The van der Waals surface area contributed by atoms with E-state index in [2.05, 4.69) is 56.9 Å². The van der Waals surface area contributed by atoms with E-state index < -0.39 is 0 Å². The minimum Gasteiger partial charge on any atom is -0.330 e. The summed E-state index contributed by atoms with van der Waals surface area (Å²) in [5, 5.41) is 0. The third-order valence-corrected chi connectivity index (χ3v) is 3.18. The summed E-state index contributed by atoms with van der Waals surface area (Å²) in [6.45, 7) is 12.7. The highest BCUT2D eigenvalue weighted by atomic mass is 15.1. The molecule has 2 nitrogen and oxygen atoms in total. The summed E-state index contributed by atoms with van der Waals surface area (Å²) in [6, 6.07) is 8.79. The number of rotatable bonds is 6. The summed E-state index contributed by atoms with van der Waals surface area (Å²) in [5.74, 6) is 0. The largest absolute Gasteiger partial charge is 0.330 e. The maximum absolute atomic E-state index is 5.80. The molecule has 0 atom stereocenters. The van der Waals surface area contributed by atoms with E-state index in [1.54, 1.807) is 0 Å². The molecule has 0 spiro atoms. The van der Waals surface area contributed by atoms with Gasteiger partial charge in [-0.25, -0.2) is 0 Å². The van der Waals surface area contributed by atoms with Gasteiger partial charge in [0.2, 0.25) is 0 Å². The Bertz CT molecular complexity index is 327. The van der Waals surface area contributed by atoms with Gasteiger partial charge >= 0.3 is 0 Å². The first-order chi connectivity index (χ1) is 7.96. The van der Waals surface area contributed by atoms with Crippen LogP contribution in [0.15, 0.2) is 24.3 Å². The molecule has 2 N–H and O–H groups in total. The quantitative estimate of drug-likeness (QED) is 0.820. The maximum Gasteiger partial charge on any atom is 0.0233 e. The number of hydrogen-bond donors (Lipinski definition) is 1. The predicted molar refractivity (Wildman–Crippen MR) is 75.0 cm³/mol. The third kappa shape index (κ3) is 4.88. The molecular weight excluding hydrogens is 208 g/mol. The van der Waals surface area contributed by atoms with Crippen molar-refractivity contribution in [2.24, 2.45) is 11.1 Å². The van der Waals surface area contributed by atoms with Crippen molar-refractivity contribution >= 4 is 0 Å². The van der Waals surface area contributed by atoms with Crippen LogP contribution in [0.3, 0.4) is 0 Å². The standard InChI is InChI=1S/C15H26N2/c1-5-17(12-15(3,4)11-16)10-14-8-6-13(2)7-9-14/h6-9H,5,10-12,16H2,1-4H3. The monoisotopic (exact) mass is 234 g/mol. The lowest BCUT2D eigenvalue weighted by Crippen LogP contribution is -2.38. The van der Waals surface area contributed by atoms with Crippen LogP contribution in [0.1, 0.15) is 31.9 Å². The van der Waals surface area contributed by atoms with Crippen molar-refractivity contribution in [1.29, 1.82) is 0 Å². The fourth-order valence-corrected chi connectivity index (χ4v) is 1.90. The number of benzene rings is 1. The molecule has 0 heterocycles. The van der Waals surface area contributed by atoms with E-state index in [1.807, 2.05) is 0 Å². The molecule has 0 aliphatic carbocycles. The van der Waals surface area contributed by atoms with E-state index >= 15 is 0 Å². The maximum atomic E-state index is 5.80. The Kier molecular flexibility index (Phi) is 5.16. The smallest absolute Gasteiger partial charge is 0.0233 e. The lowest BCUT2D eigenvalue weighted by Gasteiger charge is -2.31. The molecule has 0 saturated carbocycles. The van der Waals surface area contributed by atoms with Crippen LogP contribution >= 0.6 is 0 Å². The van der Waals surface area contributed by atoms with Crippen molar-refractivity contribution in [3.63, 3.8) is 0 Å². The van der Waals surface area contributed by atoms with Gasteiger partial charge in [0, 0.05) is 13.1 Å². The van der Waals surface area contributed by atoms with Gasteiger partial charge in [0.25, 0.3) is 0 Å². The molecule has 0 aliphatic heterocycles. The minimum absolute atomic E-state index is 0.195. The third-order valence-electron chi connectivity index (χ3n) is 3.18. The zero-order chi connectivity index (χ0) is 12.9. The first-order valence-corrected chi connectivity index (χ1v) is 6.45. The summed E-state index contributed by atoms with van der Waals surface area (Å²) >= 11 is 0. The van der Waals surface area contributed by atoms with Gasteiger partial charge < -0.3 is 5.73 Å². The van der Waals surface area contributed by atoms with Crippen molar-refractivity contribution in [1.82, 2.24) is 4.90 Å². The molecule has 0 bridgehead atoms. The molecule has 17 heavy (non-hydrogen) atoms. The van der Waals surface area contributed by atoms with Crippen LogP contribution in [0.25, 0.3) is 0 Å². The average Bonchev–Trinajstić information content (AvgIpc) is 2.31. The number of aryl methyl sites for hydroxylation is 1. The fourth-order valence-electron chi connectivity index (χ4n) is 1.90. The highest BCUT2D eigenvalue weighted by Crippen LogP contribution is 2.16. The molecule has 1 rings (SSSR count). The molecule has 1 aromatic rings. The molecule has 0 saturated heterocycles. The first kappa shape index (κ1) is 14.2. The molecule has 1 aromatic carbocycles. The second-order valence-electron chi connectivity index (χ2n) is 5.66. The molecule has 0 aromatic heterocycles. The molecule has 0 unspecified atom stereocenters. The van der Waals surface area contributed by atoms with Crippen LogP contribution in [0.5, 0.6) is 0 Å². The van der Waals surface area contributed by atoms with Crippen molar-refractivity contribution in [2.75, 3.05) is 19.6 Å².